The number of hydrogen-bond acceptors (Lipinski definition) is 5. The average molecular weight is 322 g/mol. The number of carbonyl (C=O) groups is 1. The summed E-state index contributed by atoms with van der Waals surface area (Å²) in [5, 5.41) is 12.9. The SMILES string of the molecule is CCOc1cc(C(C(=O)O)N2CCNCC2)ccc1OC(C)C. The maximum Gasteiger partial charge on any atom is 0.325 e. The van der Waals surface area contributed by atoms with E-state index in [1.165, 1.54) is 0 Å². The van der Waals surface area contributed by atoms with E-state index in [2.05, 4.69) is 5.32 Å². The van der Waals surface area contributed by atoms with Gasteiger partial charge in [0.15, 0.2) is 11.5 Å². The molecule has 0 spiro atoms. The Morgan fingerprint density at radius 2 is 2.00 bits per heavy atom. The zero-order valence-corrected chi connectivity index (χ0v) is 14.0. The van der Waals surface area contributed by atoms with Crippen LogP contribution in [-0.2, 0) is 4.79 Å². The van der Waals surface area contributed by atoms with Crippen LogP contribution >= 0.6 is 0 Å². The van der Waals surface area contributed by atoms with Gasteiger partial charge in [0, 0.05) is 26.2 Å². The molecule has 1 unspecified atom stereocenters. The molecule has 0 aromatic heterocycles. The smallest absolute Gasteiger partial charge is 0.325 e. The normalized spacial score (nSPS) is 17.0. The molecule has 1 atom stereocenters. The van der Waals surface area contributed by atoms with Crippen LogP contribution < -0.4 is 14.8 Å². The molecule has 6 heteroatoms. The fourth-order valence-corrected chi connectivity index (χ4v) is 2.76. The molecule has 1 aliphatic rings. The number of nitrogens with one attached hydrogen (secondary N) is 1. The quantitative estimate of drug-likeness (QED) is 0.799. The van der Waals surface area contributed by atoms with Crippen molar-refractivity contribution in [2.45, 2.75) is 32.9 Å². The van der Waals surface area contributed by atoms with E-state index in [9.17, 15) is 9.90 Å². The Balaban J connectivity index is 2.31. The van der Waals surface area contributed by atoms with Crippen LogP contribution in [-0.4, -0.2) is 54.9 Å². The lowest BCUT2D eigenvalue weighted by Gasteiger charge is -2.32. The van der Waals surface area contributed by atoms with Gasteiger partial charge < -0.3 is 19.9 Å². The van der Waals surface area contributed by atoms with Crippen LogP contribution in [0.5, 0.6) is 11.5 Å². The van der Waals surface area contributed by atoms with Crippen LogP contribution in [0.3, 0.4) is 0 Å². The van der Waals surface area contributed by atoms with Crippen LogP contribution in [0.25, 0.3) is 0 Å². The van der Waals surface area contributed by atoms with Crippen molar-refractivity contribution in [3.05, 3.63) is 23.8 Å². The number of carboxylic acid groups (broad SMARTS) is 1. The molecule has 0 saturated carbocycles. The van der Waals surface area contributed by atoms with Crippen molar-refractivity contribution in [1.82, 2.24) is 10.2 Å². The molecule has 1 fully saturated rings. The van der Waals surface area contributed by atoms with Gasteiger partial charge in [-0.25, -0.2) is 0 Å². The van der Waals surface area contributed by atoms with Crippen LogP contribution in [0.15, 0.2) is 18.2 Å². The second-order valence-electron chi connectivity index (χ2n) is 5.83. The predicted molar refractivity (Wildman–Crippen MR) is 88.2 cm³/mol. The number of hydrogen-bond donors (Lipinski definition) is 2. The summed E-state index contributed by atoms with van der Waals surface area (Å²) in [4.78, 5) is 13.8. The number of benzene rings is 1. The first-order chi connectivity index (χ1) is 11.0. The fourth-order valence-electron chi connectivity index (χ4n) is 2.76. The van der Waals surface area contributed by atoms with Crippen molar-refractivity contribution in [3.63, 3.8) is 0 Å². The van der Waals surface area contributed by atoms with Gasteiger partial charge in [-0.15, -0.1) is 0 Å². The molecule has 23 heavy (non-hydrogen) atoms. The molecular weight excluding hydrogens is 296 g/mol. The van der Waals surface area contributed by atoms with Crippen molar-refractivity contribution in [1.29, 1.82) is 0 Å². The van der Waals surface area contributed by atoms with Gasteiger partial charge in [-0.2, -0.15) is 0 Å². The Labute approximate surface area is 137 Å². The van der Waals surface area contributed by atoms with E-state index in [1.807, 2.05) is 31.7 Å². The average Bonchev–Trinajstić information content (AvgIpc) is 2.50. The summed E-state index contributed by atoms with van der Waals surface area (Å²) in [6.45, 7) is 9.33. The summed E-state index contributed by atoms with van der Waals surface area (Å²) >= 11 is 0. The number of rotatable bonds is 7. The first-order valence-corrected chi connectivity index (χ1v) is 8.14. The molecule has 1 aliphatic heterocycles. The second-order valence-corrected chi connectivity index (χ2v) is 5.83. The Kier molecular flexibility index (Phi) is 6.24. The van der Waals surface area contributed by atoms with Crippen molar-refractivity contribution >= 4 is 5.97 Å². The molecule has 1 aromatic rings. The molecule has 1 saturated heterocycles. The maximum absolute atomic E-state index is 11.8. The maximum atomic E-state index is 11.8. The third kappa shape index (κ3) is 4.59. The van der Waals surface area contributed by atoms with Gasteiger partial charge in [0.2, 0.25) is 0 Å². The lowest BCUT2D eigenvalue weighted by atomic mass is 10.0. The van der Waals surface area contributed by atoms with Crippen LogP contribution in [0.1, 0.15) is 32.4 Å². The Hall–Kier alpha value is -1.79. The lowest BCUT2D eigenvalue weighted by molar-refractivity contribution is -0.143. The number of piperazine rings is 1. The standard InChI is InChI=1S/C17H26N2O4/c1-4-22-15-11-13(5-6-14(15)23-12(2)3)16(17(20)21)19-9-7-18-8-10-19/h5-6,11-12,16,18H,4,7-10H2,1-3H3,(H,20,21). The Bertz CT molecular complexity index is 527. The zero-order valence-electron chi connectivity index (χ0n) is 14.0. The van der Waals surface area contributed by atoms with Crippen molar-refractivity contribution in [2.75, 3.05) is 32.8 Å². The highest BCUT2D eigenvalue weighted by molar-refractivity contribution is 5.76. The molecule has 1 heterocycles. The molecule has 128 valence electrons. The van der Waals surface area contributed by atoms with E-state index < -0.39 is 12.0 Å². The van der Waals surface area contributed by atoms with Crippen molar-refractivity contribution in [3.8, 4) is 11.5 Å². The first-order valence-electron chi connectivity index (χ1n) is 8.14. The molecule has 2 N–H and O–H groups in total. The number of carboxylic acids is 1. The zero-order chi connectivity index (χ0) is 16.8. The summed E-state index contributed by atoms with van der Waals surface area (Å²) in [7, 11) is 0. The van der Waals surface area contributed by atoms with Gasteiger partial charge in [0.25, 0.3) is 0 Å². The second kappa shape index (κ2) is 8.17. The molecule has 2 rings (SSSR count). The third-order valence-electron chi connectivity index (χ3n) is 3.70. The van der Waals surface area contributed by atoms with E-state index in [0.29, 0.717) is 31.2 Å². The predicted octanol–water partition coefficient (Wildman–Crippen LogP) is 1.90. The molecule has 0 radical (unpaired) electrons. The largest absolute Gasteiger partial charge is 0.490 e. The minimum Gasteiger partial charge on any atom is -0.490 e. The van der Waals surface area contributed by atoms with E-state index in [1.54, 1.807) is 12.1 Å². The molecule has 0 aliphatic carbocycles. The van der Waals surface area contributed by atoms with E-state index in [0.717, 1.165) is 18.7 Å². The third-order valence-corrected chi connectivity index (χ3v) is 3.70. The van der Waals surface area contributed by atoms with Crippen LogP contribution in [0.4, 0.5) is 0 Å². The van der Waals surface area contributed by atoms with Gasteiger partial charge in [0.05, 0.1) is 12.7 Å². The number of aliphatic carboxylic acids is 1. The van der Waals surface area contributed by atoms with Crippen molar-refractivity contribution in [2.24, 2.45) is 0 Å². The van der Waals surface area contributed by atoms with Crippen LogP contribution in [0, 0.1) is 0 Å². The van der Waals surface area contributed by atoms with Gasteiger partial charge in [-0.05, 0) is 38.5 Å². The van der Waals surface area contributed by atoms with Crippen LogP contribution in [0.2, 0.25) is 0 Å². The monoisotopic (exact) mass is 322 g/mol. The molecule has 6 nitrogen and oxygen atoms in total. The minimum atomic E-state index is -0.841. The summed E-state index contributed by atoms with van der Waals surface area (Å²) in [6.07, 6.45) is 0.0310. The van der Waals surface area contributed by atoms with Gasteiger partial charge in [-0.3, -0.25) is 9.69 Å². The summed E-state index contributed by atoms with van der Waals surface area (Å²) in [5.74, 6) is 0.405. The summed E-state index contributed by atoms with van der Waals surface area (Å²) < 4.78 is 11.4. The van der Waals surface area contributed by atoms with E-state index in [-0.39, 0.29) is 6.10 Å². The van der Waals surface area contributed by atoms with E-state index >= 15 is 0 Å². The molecule has 0 bridgehead atoms. The minimum absolute atomic E-state index is 0.0310. The van der Waals surface area contributed by atoms with Gasteiger partial charge in [-0.1, -0.05) is 6.07 Å². The van der Waals surface area contributed by atoms with Crippen molar-refractivity contribution < 1.29 is 19.4 Å². The molecule has 0 amide bonds. The van der Waals surface area contributed by atoms with Gasteiger partial charge in [0.1, 0.15) is 6.04 Å². The number of nitrogens with zero attached hydrogens (tertiary/aromatic N) is 1. The summed E-state index contributed by atoms with van der Waals surface area (Å²) in [6, 6.07) is 4.76. The van der Waals surface area contributed by atoms with Gasteiger partial charge >= 0.3 is 5.97 Å². The van der Waals surface area contributed by atoms with E-state index in [4.69, 9.17) is 9.47 Å². The highest BCUT2D eigenvalue weighted by Gasteiger charge is 2.29. The summed E-state index contributed by atoms with van der Waals surface area (Å²) in [5.41, 5.74) is 0.721. The molecular formula is C17H26N2O4. The molecule has 1 aromatic carbocycles. The Morgan fingerprint density at radius 3 is 2.57 bits per heavy atom. The Morgan fingerprint density at radius 1 is 1.30 bits per heavy atom. The number of ether oxygens (including phenoxy) is 2. The highest BCUT2D eigenvalue weighted by Crippen LogP contribution is 2.33. The fraction of sp³-hybridized carbons (Fsp3) is 0.588. The lowest BCUT2D eigenvalue weighted by Crippen LogP contribution is -2.47. The highest BCUT2D eigenvalue weighted by atomic mass is 16.5. The topological polar surface area (TPSA) is 71.0 Å². The first kappa shape index (κ1) is 17.6.